The Morgan fingerprint density at radius 3 is 2.73 bits per heavy atom. The third-order valence-electron chi connectivity index (χ3n) is 2.30. The summed E-state index contributed by atoms with van der Waals surface area (Å²) in [6, 6.07) is -0.554. The number of carboxylic acids is 1. The first-order valence-electron chi connectivity index (χ1n) is 4.92. The second-order valence-electron chi connectivity index (χ2n) is 3.70. The van der Waals surface area contributed by atoms with Crippen LogP contribution in [0.4, 0.5) is 0 Å². The zero-order valence-corrected chi connectivity index (χ0v) is 8.60. The van der Waals surface area contributed by atoms with E-state index >= 15 is 0 Å². The van der Waals surface area contributed by atoms with Gasteiger partial charge < -0.3 is 20.9 Å². The maximum absolute atomic E-state index is 11.1. The maximum atomic E-state index is 11.1. The van der Waals surface area contributed by atoms with E-state index < -0.39 is 18.1 Å². The Bertz CT molecular complexity index is 254. The number of hydrogen-bond acceptors (Lipinski definition) is 4. The second kappa shape index (κ2) is 5.09. The van der Waals surface area contributed by atoms with E-state index in [0.29, 0.717) is 19.4 Å². The van der Waals surface area contributed by atoms with Crippen LogP contribution in [-0.4, -0.2) is 41.8 Å². The molecule has 6 heteroatoms. The smallest absolute Gasteiger partial charge is 0.332 e. The summed E-state index contributed by atoms with van der Waals surface area (Å²) in [4.78, 5) is 21.7. The summed E-state index contributed by atoms with van der Waals surface area (Å²) < 4.78 is 5.20. The van der Waals surface area contributed by atoms with Crippen LogP contribution in [0.5, 0.6) is 0 Å². The Kier molecular flexibility index (Phi) is 4.05. The summed E-state index contributed by atoms with van der Waals surface area (Å²) >= 11 is 0. The van der Waals surface area contributed by atoms with Crippen LogP contribution in [0.2, 0.25) is 0 Å². The van der Waals surface area contributed by atoms with Gasteiger partial charge in [-0.05, 0) is 19.8 Å². The van der Waals surface area contributed by atoms with Crippen LogP contribution < -0.4 is 11.1 Å². The van der Waals surface area contributed by atoms with E-state index in [2.05, 4.69) is 5.32 Å². The Labute approximate surface area is 87.8 Å². The molecule has 0 saturated carbocycles. The van der Waals surface area contributed by atoms with Gasteiger partial charge in [-0.1, -0.05) is 0 Å². The van der Waals surface area contributed by atoms with Crippen molar-refractivity contribution in [3.05, 3.63) is 0 Å². The van der Waals surface area contributed by atoms with Gasteiger partial charge in [0.1, 0.15) is 0 Å². The van der Waals surface area contributed by atoms with E-state index in [9.17, 15) is 9.59 Å². The van der Waals surface area contributed by atoms with Crippen LogP contribution in [0.15, 0.2) is 0 Å². The molecule has 1 rings (SSSR count). The molecule has 0 aromatic rings. The molecule has 0 spiro atoms. The summed E-state index contributed by atoms with van der Waals surface area (Å²) in [6.45, 7) is 1.91. The van der Waals surface area contributed by atoms with Crippen molar-refractivity contribution in [1.82, 2.24) is 5.32 Å². The number of ether oxygens (including phenoxy) is 1. The summed E-state index contributed by atoms with van der Waals surface area (Å²) in [5.74, 6) is -1.20. The molecule has 1 aliphatic heterocycles. The molecule has 0 aromatic heterocycles. The number of carbonyl (C=O) groups is 2. The Morgan fingerprint density at radius 2 is 2.27 bits per heavy atom. The van der Waals surface area contributed by atoms with Gasteiger partial charge in [0.25, 0.3) is 0 Å². The molecule has 3 unspecified atom stereocenters. The number of nitrogens with two attached hydrogens (primary N) is 1. The first-order chi connectivity index (χ1) is 7.00. The van der Waals surface area contributed by atoms with Crippen LogP contribution in [0, 0.1) is 0 Å². The number of hydrogen-bond donors (Lipinski definition) is 3. The minimum Gasteiger partial charge on any atom is -0.479 e. The van der Waals surface area contributed by atoms with Crippen LogP contribution >= 0.6 is 0 Å². The zero-order chi connectivity index (χ0) is 11.4. The molecule has 1 saturated heterocycles. The standard InChI is InChI=1S/C9H16N2O4/c1-5(10)8(12)11-4-6-2-3-7(15-6)9(13)14/h5-7H,2-4,10H2,1H3,(H,11,12)(H,13,14). The first kappa shape index (κ1) is 11.9. The van der Waals surface area contributed by atoms with Gasteiger partial charge in [-0.3, -0.25) is 4.79 Å². The van der Waals surface area contributed by atoms with Gasteiger partial charge in [0.15, 0.2) is 6.10 Å². The number of amides is 1. The van der Waals surface area contributed by atoms with E-state index in [1.807, 2.05) is 0 Å². The zero-order valence-electron chi connectivity index (χ0n) is 8.60. The lowest BCUT2D eigenvalue weighted by Crippen LogP contribution is -2.41. The van der Waals surface area contributed by atoms with Crippen molar-refractivity contribution in [1.29, 1.82) is 0 Å². The molecule has 86 valence electrons. The van der Waals surface area contributed by atoms with Crippen molar-refractivity contribution in [3.8, 4) is 0 Å². The monoisotopic (exact) mass is 216 g/mol. The molecule has 1 fully saturated rings. The van der Waals surface area contributed by atoms with Gasteiger partial charge in [-0.2, -0.15) is 0 Å². The molecule has 0 radical (unpaired) electrons. The molecule has 0 aromatic carbocycles. The number of carboxylic acid groups (broad SMARTS) is 1. The molecule has 6 nitrogen and oxygen atoms in total. The van der Waals surface area contributed by atoms with Crippen molar-refractivity contribution < 1.29 is 19.4 Å². The molecule has 0 aliphatic carbocycles. The molecule has 1 heterocycles. The minimum atomic E-state index is -0.948. The predicted molar refractivity (Wildman–Crippen MR) is 52.2 cm³/mol. The highest BCUT2D eigenvalue weighted by Gasteiger charge is 2.30. The van der Waals surface area contributed by atoms with Crippen molar-refractivity contribution in [2.45, 2.75) is 38.0 Å². The van der Waals surface area contributed by atoms with Gasteiger partial charge >= 0.3 is 5.97 Å². The Hall–Kier alpha value is -1.14. The lowest BCUT2D eigenvalue weighted by Gasteiger charge is -2.13. The molecular formula is C9H16N2O4. The van der Waals surface area contributed by atoms with Crippen molar-refractivity contribution >= 4 is 11.9 Å². The van der Waals surface area contributed by atoms with E-state index in [4.69, 9.17) is 15.6 Å². The number of carbonyl (C=O) groups excluding carboxylic acids is 1. The summed E-state index contributed by atoms with van der Waals surface area (Å²) in [7, 11) is 0. The summed E-state index contributed by atoms with van der Waals surface area (Å²) in [5, 5.41) is 11.3. The van der Waals surface area contributed by atoms with Crippen LogP contribution in [-0.2, 0) is 14.3 Å². The Morgan fingerprint density at radius 1 is 1.60 bits per heavy atom. The van der Waals surface area contributed by atoms with Crippen LogP contribution in [0.3, 0.4) is 0 Å². The maximum Gasteiger partial charge on any atom is 0.332 e. The average Bonchev–Trinajstić information content (AvgIpc) is 2.62. The normalized spacial score (nSPS) is 27.3. The average molecular weight is 216 g/mol. The number of nitrogens with one attached hydrogen (secondary N) is 1. The quantitative estimate of drug-likeness (QED) is 0.564. The van der Waals surface area contributed by atoms with E-state index in [1.165, 1.54) is 0 Å². The highest BCUT2D eigenvalue weighted by molar-refractivity contribution is 5.81. The van der Waals surface area contributed by atoms with E-state index in [-0.39, 0.29) is 12.0 Å². The lowest BCUT2D eigenvalue weighted by molar-refractivity contribution is -0.149. The number of aliphatic carboxylic acids is 1. The molecular weight excluding hydrogens is 200 g/mol. The third-order valence-corrected chi connectivity index (χ3v) is 2.30. The SMILES string of the molecule is CC(N)C(=O)NCC1CCC(C(=O)O)O1. The van der Waals surface area contributed by atoms with E-state index in [1.54, 1.807) is 6.92 Å². The van der Waals surface area contributed by atoms with Crippen LogP contribution in [0.25, 0.3) is 0 Å². The third kappa shape index (κ3) is 3.49. The van der Waals surface area contributed by atoms with Crippen LogP contribution in [0.1, 0.15) is 19.8 Å². The topological polar surface area (TPSA) is 102 Å². The molecule has 15 heavy (non-hydrogen) atoms. The van der Waals surface area contributed by atoms with Crippen molar-refractivity contribution in [2.75, 3.05) is 6.54 Å². The minimum absolute atomic E-state index is 0.214. The van der Waals surface area contributed by atoms with Gasteiger partial charge in [0, 0.05) is 6.54 Å². The molecule has 1 amide bonds. The Balaban J connectivity index is 2.25. The fourth-order valence-corrected chi connectivity index (χ4v) is 1.41. The van der Waals surface area contributed by atoms with Crippen molar-refractivity contribution in [3.63, 3.8) is 0 Å². The summed E-state index contributed by atoms with van der Waals surface area (Å²) in [6.07, 6.45) is 0.195. The predicted octanol–water partition coefficient (Wildman–Crippen LogP) is -0.918. The van der Waals surface area contributed by atoms with Gasteiger partial charge in [0.05, 0.1) is 12.1 Å². The highest BCUT2D eigenvalue weighted by atomic mass is 16.5. The van der Waals surface area contributed by atoms with Crippen molar-refractivity contribution in [2.24, 2.45) is 5.73 Å². The first-order valence-corrected chi connectivity index (χ1v) is 4.92. The van der Waals surface area contributed by atoms with E-state index in [0.717, 1.165) is 0 Å². The fourth-order valence-electron chi connectivity index (χ4n) is 1.41. The second-order valence-corrected chi connectivity index (χ2v) is 3.70. The number of rotatable bonds is 4. The molecule has 1 aliphatic rings. The molecule has 0 bridgehead atoms. The van der Waals surface area contributed by atoms with Gasteiger partial charge in [0.2, 0.25) is 5.91 Å². The highest BCUT2D eigenvalue weighted by Crippen LogP contribution is 2.19. The van der Waals surface area contributed by atoms with Gasteiger partial charge in [-0.25, -0.2) is 4.79 Å². The summed E-state index contributed by atoms with van der Waals surface area (Å²) in [5.41, 5.74) is 5.35. The fraction of sp³-hybridized carbons (Fsp3) is 0.778. The lowest BCUT2D eigenvalue weighted by atomic mass is 10.2. The molecule has 3 atom stereocenters. The largest absolute Gasteiger partial charge is 0.479 e. The molecule has 4 N–H and O–H groups in total. The van der Waals surface area contributed by atoms with Gasteiger partial charge in [-0.15, -0.1) is 0 Å².